The van der Waals surface area contributed by atoms with Gasteiger partial charge in [0.2, 0.25) is 0 Å². The van der Waals surface area contributed by atoms with E-state index in [9.17, 15) is 13.0 Å². The molecule has 0 saturated carbocycles. The first-order chi connectivity index (χ1) is 11.4. The second kappa shape index (κ2) is 6.14. The van der Waals surface area contributed by atoms with E-state index in [-0.39, 0.29) is 4.90 Å². The van der Waals surface area contributed by atoms with E-state index in [0.717, 1.165) is 22.0 Å². The molecule has 0 spiro atoms. The molecular formula is C18H16N2O3S. The molecule has 1 N–H and O–H groups in total. The summed E-state index contributed by atoms with van der Waals surface area (Å²) >= 11 is 0. The maximum Gasteiger partial charge on any atom is 0.294 e. The van der Waals surface area contributed by atoms with Crippen molar-refractivity contribution in [2.45, 2.75) is 18.7 Å². The molecule has 3 aromatic rings. The summed E-state index contributed by atoms with van der Waals surface area (Å²) in [7, 11) is -4.28. The van der Waals surface area contributed by atoms with Crippen LogP contribution in [0.5, 0.6) is 0 Å². The lowest BCUT2D eigenvalue weighted by Crippen LogP contribution is -2.00. The number of benzene rings is 3. The lowest BCUT2D eigenvalue weighted by molar-refractivity contribution is 0.482. The van der Waals surface area contributed by atoms with Crippen LogP contribution in [0.4, 0.5) is 11.4 Å². The van der Waals surface area contributed by atoms with Gasteiger partial charge in [0.05, 0.1) is 16.3 Å². The Hall–Kier alpha value is -2.57. The van der Waals surface area contributed by atoms with Crippen molar-refractivity contribution in [3.8, 4) is 0 Å². The van der Waals surface area contributed by atoms with Crippen molar-refractivity contribution in [3.63, 3.8) is 0 Å². The Labute approximate surface area is 140 Å². The van der Waals surface area contributed by atoms with Gasteiger partial charge in [-0.2, -0.15) is 13.5 Å². The average Bonchev–Trinajstić information content (AvgIpc) is 2.54. The monoisotopic (exact) mass is 340 g/mol. The van der Waals surface area contributed by atoms with E-state index >= 15 is 0 Å². The summed E-state index contributed by atoms with van der Waals surface area (Å²) in [5.41, 5.74) is 2.53. The van der Waals surface area contributed by atoms with Crippen molar-refractivity contribution >= 4 is 32.3 Å². The van der Waals surface area contributed by atoms with Crippen LogP contribution in [0, 0.1) is 13.8 Å². The summed E-state index contributed by atoms with van der Waals surface area (Å²) in [6, 6.07) is 16.4. The van der Waals surface area contributed by atoms with Crippen LogP contribution in [0.3, 0.4) is 0 Å². The van der Waals surface area contributed by atoms with Crippen LogP contribution >= 0.6 is 0 Å². The summed E-state index contributed by atoms with van der Waals surface area (Å²) in [6.07, 6.45) is 0. The molecule has 0 aliphatic rings. The summed E-state index contributed by atoms with van der Waals surface area (Å²) < 4.78 is 32.0. The molecule has 3 aromatic carbocycles. The second-order valence-corrected chi connectivity index (χ2v) is 6.97. The zero-order valence-electron chi connectivity index (χ0n) is 13.3. The van der Waals surface area contributed by atoms with Crippen molar-refractivity contribution < 1.29 is 13.0 Å². The summed E-state index contributed by atoms with van der Waals surface area (Å²) in [4.78, 5) is -0.159. The standard InChI is InChI=1S/C18H16N2O3S/c1-12-8-10-15(11-17(12)24(21,22)23)19-20-18-13(2)7-9-14-5-3-4-6-16(14)18/h3-11H,1-2H3,(H,21,22,23). The first kappa shape index (κ1) is 16.3. The molecule has 0 aliphatic carbocycles. The van der Waals surface area contributed by atoms with E-state index in [2.05, 4.69) is 10.2 Å². The number of aryl methyl sites for hydroxylation is 2. The second-order valence-electron chi connectivity index (χ2n) is 5.58. The van der Waals surface area contributed by atoms with Crippen LogP contribution in [-0.4, -0.2) is 13.0 Å². The quantitative estimate of drug-likeness (QED) is 0.531. The van der Waals surface area contributed by atoms with Gasteiger partial charge in [-0.05, 0) is 42.5 Å². The lowest BCUT2D eigenvalue weighted by atomic mass is 10.1. The van der Waals surface area contributed by atoms with Crippen molar-refractivity contribution in [1.29, 1.82) is 0 Å². The number of fused-ring (bicyclic) bond motifs is 1. The molecule has 5 nitrogen and oxygen atoms in total. The molecule has 0 heterocycles. The van der Waals surface area contributed by atoms with Crippen molar-refractivity contribution in [3.05, 3.63) is 65.7 Å². The van der Waals surface area contributed by atoms with Gasteiger partial charge in [-0.1, -0.05) is 42.5 Å². The zero-order valence-corrected chi connectivity index (χ0v) is 14.1. The van der Waals surface area contributed by atoms with Gasteiger partial charge < -0.3 is 0 Å². The molecule has 0 bridgehead atoms. The third-order valence-electron chi connectivity index (χ3n) is 3.82. The van der Waals surface area contributed by atoms with Gasteiger partial charge in [-0.25, -0.2) is 0 Å². The molecule has 6 heteroatoms. The molecule has 0 atom stereocenters. The summed E-state index contributed by atoms with van der Waals surface area (Å²) in [5.74, 6) is 0. The van der Waals surface area contributed by atoms with Crippen LogP contribution in [0.15, 0.2) is 69.7 Å². The van der Waals surface area contributed by atoms with E-state index in [1.807, 2.05) is 43.3 Å². The van der Waals surface area contributed by atoms with Crippen LogP contribution in [0.25, 0.3) is 10.8 Å². The summed E-state index contributed by atoms with van der Waals surface area (Å²) in [5, 5.41) is 10.5. The Kier molecular flexibility index (Phi) is 4.17. The molecule has 0 saturated heterocycles. The smallest absolute Gasteiger partial charge is 0.282 e. The predicted octanol–water partition coefficient (Wildman–Crippen LogP) is 5.12. The number of hydrogen-bond donors (Lipinski definition) is 1. The lowest BCUT2D eigenvalue weighted by Gasteiger charge is -2.05. The van der Waals surface area contributed by atoms with E-state index in [1.54, 1.807) is 19.1 Å². The number of rotatable bonds is 3. The largest absolute Gasteiger partial charge is 0.294 e. The molecule has 0 aliphatic heterocycles. The van der Waals surface area contributed by atoms with Gasteiger partial charge in [0.25, 0.3) is 10.1 Å². The third-order valence-corrected chi connectivity index (χ3v) is 4.81. The van der Waals surface area contributed by atoms with Gasteiger partial charge in [0.1, 0.15) is 0 Å². The van der Waals surface area contributed by atoms with E-state index in [0.29, 0.717) is 11.3 Å². The highest BCUT2D eigenvalue weighted by atomic mass is 32.2. The third kappa shape index (κ3) is 3.20. The molecule has 0 fully saturated rings. The maximum absolute atomic E-state index is 11.4. The minimum atomic E-state index is -4.28. The molecule has 3 rings (SSSR count). The molecular weight excluding hydrogens is 324 g/mol. The highest BCUT2D eigenvalue weighted by Gasteiger charge is 2.13. The van der Waals surface area contributed by atoms with Crippen LogP contribution in [-0.2, 0) is 10.1 Å². The van der Waals surface area contributed by atoms with Gasteiger partial charge in [0.15, 0.2) is 0 Å². The summed E-state index contributed by atoms with van der Waals surface area (Å²) in [6.45, 7) is 3.55. The minimum Gasteiger partial charge on any atom is -0.282 e. The SMILES string of the molecule is Cc1ccc(N=Nc2c(C)ccc3ccccc23)cc1S(=O)(=O)O. The topological polar surface area (TPSA) is 79.1 Å². The first-order valence-electron chi connectivity index (χ1n) is 7.34. The van der Waals surface area contributed by atoms with Gasteiger partial charge in [0, 0.05) is 5.39 Å². The van der Waals surface area contributed by atoms with E-state index in [1.165, 1.54) is 6.07 Å². The van der Waals surface area contributed by atoms with Crippen LogP contribution in [0.1, 0.15) is 11.1 Å². The highest BCUT2D eigenvalue weighted by molar-refractivity contribution is 7.85. The van der Waals surface area contributed by atoms with Crippen molar-refractivity contribution in [2.24, 2.45) is 10.2 Å². The number of azo groups is 1. The molecule has 24 heavy (non-hydrogen) atoms. The Bertz CT molecular complexity index is 1060. The Balaban J connectivity index is 2.08. The fourth-order valence-electron chi connectivity index (χ4n) is 2.53. The average molecular weight is 340 g/mol. The fourth-order valence-corrected chi connectivity index (χ4v) is 3.28. The van der Waals surface area contributed by atoms with E-state index < -0.39 is 10.1 Å². The van der Waals surface area contributed by atoms with Gasteiger partial charge in [-0.3, -0.25) is 4.55 Å². The molecule has 0 radical (unpaired) electrons. The predicted molar refractivity (Wildman–Crippen MR) is 93.9 cm³/mol. The minimum absolute atomic E-state index is 0.159. The normalized spacial score (nSPS) is 12.1. The zero-order chi connectivity index (χ0) is 17.3. The molecule has 0 amide bonds. The number of hydrogen-bond acceptors (Lipinski definition) is 4. The molecule has 0 unspecified atom stereocenters. The van der Waals surface area contributed by atoms with Gasteiger partial charge >= 0.3 is 0 Å². The Morgan fingerprint density at radius 3 is 2.33 bits per heavy atom. The van der Waals surface area contributed by atoms with Crippen molar-refractivity contribution in [1.82, 2.24) is 0 Å². The van der Waals surface area contributed by atoms with Crippen molar-refractivity contribution in [2.75, 3.05) is 0 Å². The van der Waals surface area contributed by atoms with Gasteiger partial charge in [-0.15, -0.1) is 5.11 Å². The van der Waals surface area contributed by atoms with Crippen LogP contribution < -0.4 is 0 Å². The maximum atomic E-state index is 11.4. The fraction of sp³-hybridized carbons (Fsp3) is 0.111. The Morgan fingerprint density at radius 2 is 1.58 bits per heavy atom. The Morgan fingerprint density at radius 1 is 0.875 bits per heavy atom. The molecule has 0 aromatic heterocycles. The van der Waals surface area contributed by atoms with Crippen LogP contribution in [0.2, 0.25) is 0 Å². The number of nitrogens with zero attached hydrogens (tertiary/aromatic N) is 2. The molecule has 122 valence electrons. The van der Waals surface area contributed by atoms with E-state index in [4.69, 9.17) is 0 Å². The first-order valence-corrected chi connectivity index (χ1v) is 8.78. The highest BCUT2D eigenvalue weighted by Crippen LogP contribution is 2.31.